The molecule has 1 unspecified atom stereocenters. The number of unbranched alkanes of at least 4 members (excludes halogenated alkanes) is 10. The lowest BCUT2D eigenvalue weighted by molar-refractivity contribution is -0.118. The van der Waals surface area contributed by atoms with E-state index in [2.05, 4.69) is 6.92 Å². The van der Waals surface area contributed by atoms with Crippen LogP contribution in [0.2, 0.25) is 0 Å². The van der Waals surface area contributed by atoms with Crippen molar-refractivity contribution in [2.24, 2.45) is 0 Å². The first-order valence-electron chi connectivity index (χ1n) is 9.90. The number of Topliss-reactive ketones (excluding diaryl/α,β-unsaturated/α-hetero) is 1. The van der Waals surface area contributed by atoms with Crippen LogP contribution >= 0.6 is 0 Å². The van der Waals surface area contributed by atoms with Gasteiger partial charge in [0.25, 0.3) is 0 Å². The Kier molecular flexibility index (Phi) is 16.7. The van der Waals surface area contributed by atoms with E-state index in [1.54, 1.807) is 0 Å². The molecule has 0 bridgehead atoms. The molecule has 0 amide bonds. The van der Waals surface area contributed by atoms with Gasteiger partial charge in [0.15, 0.2) is 0 Å². The van der Waals surface area contributed by atoms with Crippen LogP contribution in [0, 0.1) is 0 Å². The predicted octanol–water partition coefficient (Wildman–Crippen LogP) is 6.20. The zero-order chi connectivity index (χ0) is 16.5. The van der Waals surface area contributed by atoms with Crippen LogP contribution in [0.1, 0.15) is 117 Å². The highest BCUT2D eigenvalue weighted by Crippen LogP contribution is 2.14. The summed E-state index contributed by atoms with van der Waals surface area (Å²) >= 11 is 0. The van der Waals surface area contributed by atoms with Crippen molar-refractivity contribution in [2.75, 3.05) is 0 Å². The van der Waals surface area contributed by atoms with Crippen molar-refractivity contribution in [2.45, 2.75) is 123 Å². The van der Waals surface area contributed by atoms with E-state index in [9.17, 15) is 9.90 Å². The normalized spacial score (nSPS) is 12.5. The minimum Gasteiger partial charge on any atom is -0.393 e. The van der Waals surface area contributed by atoms with Gasteiger partial charge in [-0.3, -0.25) is 4.79 Å². The van der Waals surface area contributed by atoms with Crippen LogP contribution in [-0.2, 0) is 4.79 Å². The van der Waals surface area contributed by atoms with Gasteiger partial charge in [0.2, 0.25) is 0 Å². The number of rotatable bonds is 17. The number of ketones is 1. The molecule has 0 rings (SSSR count). The van der Waals surface area contributed by atoms with E-state index in [0.29, 0.717) is 12.2 Å². The Morgan fingerprint density at radius 1 is 0.727 bits per heavy atom. The van der Waals surface area contributed by atoms with E-state index < -0.39 is 0 Å². The topological polar surface area (TPSA) is 37.3 Å². The van der Waals surface area contributed by atoms with E-state index in [0.717, 1.165) is 25.7 Å². The van der Waals surface area contributed by atoms with E-state index in [1.165, 1.54) is 70.6 Å². The number of aliphatic hydroxyl groups excluding tert-OH is 1. The van der Waals surface area contributed by atoms with E-state index in [1.807, 2.05) is 6.92 Å². The summed E-state index contributed by atoms with van der Waals surface area (Å²) in [6, 6.07) is 0. The van der Waals surface area contributed by atoms with Gasteiger partial charge in [-0.15, -0.1) is 0 Å². The Morgan fingerprint density at radius 2 is 1.18 bits per heavy atom. The maximum absolute atomic E-state index is 11.2. The molecule has 1 N–H and O–H groups in total. The molecule has 0 aliphatic rings. The molecule has 0 fully saturated rings. The maximum Gasteiger partial charge on any atom is 0.132 e. The quantitative estimate of drug-likeness (QED) is 0.325. The third kappa shape index (κ3) is 16.0. The van der Waals surface area contributed by atoms with Crippen LogP contribution in [0.4, 0.5) is 0 Å². The average molecular weight is 313 g/mol. The summed E-state index contributed by atoms with van der Waals surface area (Å²) in [6.45, 7) is 4.17. The standard InChI is InChI=1S/C20H40O2/c1-3-5-6-13-17-20(22)18-15-12-10-8-7-9-11-14-16-19(21)4-2/h20,22H,3-18H2,1-2H3. The molecule has 0 saturated carbocycles. The van der Waals surface area contributed by atoms with Gasteiger partial charge in [-0.1, -0.05) is 84.5 Å². The van der Waals surface area contributed by atoms with Gasteiger partial charge in [0.1, 0.15) is 5.78 Å². The zero-order valence-corrected chi connectivity index (χ0v) is 15.2. The molecule has 0 spiro atoms. The summed E-state index contributed by atoms with van der Waals surface area (Å²) in [5.41, 5.74) is 0. The molecular weight excluding hydrogens is 272 g/mol. The number of carbonyl (C=O) groups is 1. The van der Waals surface area contributed by atoms with Gasteiger partial charge in [-0.2, -0.15) is 0 Å². The van der Waals surface area contributed by atoms with Crippen molar-refractivity contribution in [1.82, 2.24) is 0 Å². The number of hydrogen-bond acceptors (Lipinski definition) is 2. The average Bonchev–Trinajstić information content (AvgIpc) is 2.53. The largest absolute Gasteiger partial charge is 0.393 e. The lowest BCUT2D eigenvalue weighted by atomic mass is 10.0. The summed E-state index contributed by atoms with van der Waals surface area (Å²) in [7, 11) is 0. The minimum absolute atomic E-state index is 0.0621. The first kappa shape index (κ1) is 21.6. The fourth-order valence-corrected chi connectivity index (χ4v) is 2.89. The minimum atomic E-state index is -0.0621. The Labute approximate surface area is 139 Å². The molecule has 2 nitrogen and oxygen atoms in total. The van der Waals surface area contributed by atoms with Crippen molar-refractivity contribution >= 4 is 5.78 Å². The highest BCUT2D eigenvalue weighted by Gasteiger charge is 2.03. The van der Waals surface area contributed by atoms with Crippen LogP contribution in [0.15, 0.2) is 0 Å². The third-order valence-electron chi connectivity index (χ3n) is 4.53. The summed E-state index contributed by atoms with van der Waals surface area (Å²) in [4.78, 5) is 11.2. The van der Waals surface area contributed by atoms with E-state index >= 15 is 0 Å². The Morgan fingerprint density at radius 3 is 1.68 bits per heavy atom. The van der Waals surface area contributed by atoms with Crippen molar-refractivity contribution in [3.63, 3.8) is 0 Å². The third-order valence-corrected chi connectivity index (χ3v) is 4.53. The van der Waals surface area contributed by atoms with Crippen molar-refractivity contribution in [3.8, 4) is 0 Å². The Bertz CT molecular complexity index is 238. The second kappa shape index (κ2) is 17.0. The number of hydrogen-bond donors (Lipinski definition) is 1. The summed E-state index contributed by atoms with van der Waals surface area (Å²) < 4.78 is 0. The molecule has 0 radical (unpaired) electrons. The van der Waals surface area contributed by atoms with Crippen molar-refractivity contribution in [3.05, 3.63) is 0 Å². The molecule has 0 aliphatic heterocycles. The van der Waals surface area contributed by atoms with Gasteiger partial charge >= 0.3 is 0 Å². The fourth-order valence-electron chi connectivity index (χ4n) is 2.89. The Hall–Kier alpha value is -0.370. The molecule has 22 heavy (non-hydrogen) atoms. The predicted molar refractivity (Wildman–Crippen MR) is 96.2 cm³/mol. The van der Waals surface area contributed by atoms with E-state index in [-0.39, 0.29) is 6.10 Å². The molecule has 1 atom stereocenters. The monoisotopic (exact) mass is 312 g/mol. The number of carbonyl (C=O) groups excluding carboxylic acids is 1. The molecule has 0 saturated heterocycles. The second-order valence-electron chi connectivity index (χ2n) is 6.76. The molecule has 0 aliphatic carbocycles. The van der Waals surface area contributed by atoms with Crippen LogP contribution in [0.5, 0.6) is 0 Å². The summed E-state index contributed by atoms with van der Waals surface area (Å²) in [5, 5.41) is 9.89. The second-order valence-corrected chi connectivity index (χ2v) is 6.76. The van der Waals surface area contributed by atoms with Gasteiger partial charge in [-0.05, 0) is 19.3 Å². The maximum atomic E-state index is 11.2. The molecule has 0 heterocycles. The van der Waals surface area contributed by atoms with Gasteiger partial charge in [0.05, 0.1) is 6.10 Å². The van der Waals surface area contributed by atoms with Gasteiger partial charge in [-0.25, -0.2) is 0 Å². The van der Waals surface area contributed by atoms with Gasteiger partial charge in [0, 0.05) is 12.8 Å². The highest BCUT2D eigenvalue weighted by atomic mass is 16.3. The molecule has 2 heteroatoms. The molecule has 0 aromatic rings. The SMILES string of the molecule is CCCCCCC(O)CCCCCCCCCCC(=O)CC. The van der Waals surface area contributed by atoms with E-state index in [4.69, 9.17) is 0 Å². The molecule has 0 aromatic heterocycles. The summed E-state index contributed by atoms with van der Waals surface area (Å²) in [6.07, 6.45) is 18.4. The fraction of sp³-hybridized carbons (Fsp3) is 0.950. The van der Waals surface area contributed by atoms with Gasteiger partial charge < -0.3 is 5.11 Å². The zero-order valence-electron chi connectivity index (χ0n) is 15.2. The van der Waals surface area contributed by atoms with Crippen LogP contribution < -0.4 is 0 Å². The molecule has 132 valence electrons. The molecule has 0 aromatic carbocycles. The van der Waals surface area contributed by atoms with Crippen LogP contribution in [0.25, 0.3) is 0 Å². The smallest absolute Gasteiger partial charge is 0.132 e. The van der Waals surface area contributed by atoms with Crippen LogP contribution in [0.3, 0.4) is 0 Å². The molecular formula is C20H40O2. The summed E-state index contributed by atoms with van der Waals surface area (Å²) in [5.74, 6) is 0.410. The lowest BCUT2D eigenvalue weighted by Crippen LogP contribution is -2.05. The highest BCUT2D eigenvalue weighted by molar-refractivity contribution is 5.77. The van der Waals surface area contributed by atoms with Crippen molar-refractivity contribution in [1.29, 1.82) is 0 Å². The number of aliphatic hydroxyl groups is 1. The van der Waals surface area contributed by atoms with Crippen LogP contribution in [-0.4, -0.2) is 17.0 Å². The Balaban J connectivity index is 3.14. The first-order chi connectivity index (χ1) is 10.7. The first-order valence-corrected chi connectivity index (χ1v) is 9.90. The van der Waals surface area contributed by atoms with Crippen molar-refractivity contribution < 1.29 is 9.90 Å². The lowest BCUT2D eigenvalue weighted by Gasteiger charge is -2.10.